The van der Waals surface area contributed by atoms with Crippen LogP contribution in [0.5, 0.6) is 0 Å². The zero-order valence-electron chi connectivity index (χ0n) is 10.8. The van der Waals surface area contributed by atoms with E-state index in [4.69, 9.17) is 0 Å². The Morgan fingerprint density at radius 3 is 2.69 bits per heavy atom. The van der Waals surface area contributed by atoms with Gasteiger partial charge in [-0.3, -0.25) is 9.88 Å². The molecule has 0 N–H and O–H groups in total. The normalized spacial score (nSPS) is 22.6. The third-order valence-electron chi connectivity index (χ3n) is 3.54. The van der Waals surface area contributed by atoms with Gasteiger partial charge in [-0.05, 0) is 38.1 Å². The molecule has 0 radical (unpaired) electrons. The van der Waals surface area contributed by atoms with Crippen molar-refractivity contribution in [1.82, 2.24) is 9.88 Å². The van der Waals surface area contributed by atoms with Crippen molar-refractivity contribution in [2.75, 3.05) is 13.6 Å². The minimum Gasteiger partial charge on any atom is -0.299 e. The second kappa shape index (κ2) is 4.30. The molecule has 1 aromatic heterocycles. The molecule has 3 heteroatoms. The second-order valence-electron chi connectivity index (χ2n) is 5.85. The first kappa shape index (κ1) is 11.8. The van der Waals surface area contributed by atoms with E-state index in [1.165, 1.54) is 24.9 Å². The number of pyridine rings is 1. The van der Waals surface area contributed by atoms with Gasteiger partial charge in [-0.1, -0.05) is 24.8 Å². The average Bonchev–Trinajstić information content (AvgIpc) is 2.63. The highest BCUT2D eigenvalue weighted by atomic mass is 28.3. The molecule has 1 saturated heterocycles. The molecular weight excluding hydrogens is 212 g/mol. The van der Waals surface area contributed by atoms with Gasteiger partial charge in [0.1, 0.15) is 0 Å². The summed E-state index contributed by atoms with van der Waals surface area (Å²) < 4.78 is 0. The van der Waals surface area contributed by atoms with E-state index in [1.54, 1.807) is 5.19 Å². The van der Waals surface area contributed by atoms with Gasteiger partial charge in [-0.25, -0.2) is 0 Å². The lowest BCUT2D eigenvalue weighted by Gasteiger charge is -2.27. The zero-order valence-corrected chi connectivity index (χ0v) is 11.8. The molecule has 0 saturated carbocycles. The first-order chi connectivity index (χ1) is 7.50. The van der Waals surface area contributed by atoms with E-state index in [0.717, 1.165) is 0 Å². The molecule has 1 aromatic rings. The fraction of sp³-hybridized carbons (Fsp3) is 0.615. The molecule has 1 aliphatic heterocycles. The van der Waals surface area contributed by atoms with Crippen LogP contribution >= 0.6 is 0 Å². The summed E-state index contributed by atoms with van der Waals surface area (Å²) in [7, 11) is 0.993. The van der Waals surface area contributed by atoms with E-state index in [-0.39, 0.29) is 0 Å². The van der Waals surface area contributed by atoms with Gasteiger partial charge < -0.3 is 0 Å². The summed E-state index contributed by atoms with van der Waals surface area (Å²) in [6.07, 6.45) is 6.66. The van der Waals surface area contributed by atoms with E-state index in [9.17, 15) is 0 Å². The van der Waals surface area contributed by atoms with Crippen molar-refractivity contribution in [2.24, 2.45) is 0 Å². The Morgan fingerprint density at radius 1 is 1.38 bits per heavy atom. The number of hydrogen-bond acceptors (Lipinski definition) is 2. The predicted molar refractivity (Wildman–Crippen MR) is 71.8 cm³/mol. The van der Waals surface area contributed by atoms with Crippen LogP contribution in [-0.4, -0.2) is 31.6 Å². The first-order valence-corrected chi connectivity index (χ1v) is 9.65. The fourth-order valence-electron chi connectivity index (χ4n) is 2.66. The summed E-state index contributed by atoms with van der Waals surface area (Å²) in [4.78, 5) is 6.81. The fourth-order valence-corrected chi connectivity index (χ4v) is 4.33. The molecule has 1 fully saturated rings. The van der Waals surface area contributed by atoms with E-state index in [1.807, 2.05) is 6.20 Å². The SMILES string of the molecule is CN1CCCC1c1cnccc1[Si](C)(C)C. The van der Waals surface area contributed by atoms with Gasteiger partial charge in [0.2, 0.25) is 0 Å². The van der Waals surface area contributed by atoms with Crippen molar-refractivity contribution in [3.8, 4) is 0 Å². The molecule has 0 spiro atoms. The maximum atomic E-state index is 4.33. The van der Waals surface area contributed by atoms with Gasteiger partial charge in [0.15, 0.2) is 0 Å². The van der Waals surface area contributed by atoms with E-state index in [0.29, 0.717) is 6.04 Å². The van der Waals surface area contributed by atoms with Crippen LogP contribution in [0.3, 0.4) is 0 Å². The maximum Gasteiger partial charge on any atom is 0.0781 e. The highest BCUT2D eigenvalue weighted by Crippen LogP contribution is 2.29. The van der Waals surface area contributed by atoms with Gasteiger partial charge in [0.05, 0.1) is 8.07 Å². The highest BCUT2D eigenvalue weighted by molar-refractivity contribution is 6.89. The van der Waals surface area contributed by atoms with Crippen LogP contribution in [0.4, 0.5) is 0 Å². The van der Waals surface area contributed by atoms with Gasteiger partial charge >= 0.3 is 0 Å². The van der Waals surface area contributed by atoms with Crippen LogP contribution in [0.2, 0.25) is 19.6 Å². The van der Waals surface area contributed by atoms with Gasteiger partial charge in [0, 0.05) is 18.4 Å². The van der Waals surface area contributed by atoms with Crippen LogP contribution in [0, 0.1) is 0 Å². The smallest absolute Gasteiger partial charge is 0.0781 e. The van der Waals surface area contributed by atoms with Crippen LogP contribution in [0.15, 0.2) is 18.5 Å². The number of rotatable bonds is 2. The van der Waals surface area contributed by atoms with Gasteiger partial charge in [0.25, 0.3) is 0 Å². The molecule has 2 heterocycles. The molecule has 0 bridgehead atoms. The summed E-state index contributed by atoms with van der Waals surface area (Å²) >= 11 is 0. The summed E-state index contributed by atoms with van der Waals surface area (Å²) in [6.45, 7) is 8.48. The zero-order chi connectivity index (χ0) is 11.8. The summed E-state index contributed by atoms with van der Waals surface area (Å²) in [5.74, 6) is 0. The third-order valence-corrected chi connectivity index (χ3v) is 5.61. The topological polar surface area (TPSA) is 16.1 Å². The monoisotopic (exact) mass is 234 g/mol. The van der Waals surface area contributed by atoms with Crippen LogP contribution < -0.4 is 5.19 Å². The van der Waals surface area contributed by atoms with Crippen LogP contribution in [-0.2, 0) is 0 Å². The van der Waals surface area contributed by atoms with Crippen molar-refractivity contribution in [2.45, 2.75) is 38.5 Å². The van der Waals surface area contributed by atoms with Gasteiger partial charge in [-0.15, -0.1) is 0 Å². The van der Waals surface area contributed by atoms with Crippen LogP contribution in [0.1, 0.15) is 24.4 Å². The highest BCUT2D eigenvalue weighted by Gasteiger charge is 2.28. The quantitative estimate of drug-likeness (QED) is 0.731. The van der Waals surface area contributed by atoms with Crippen molar-refractivity contribution < 1.29 is 0 Å². The number of hydrogen-bond donors (Lipinski definition) is 0. The molecule has 16 heavy (non-hydrogen) atoms. The Morgan fingerprint density at radius 2 is 2.12 bits per heavy atom. The van der Waals surface area contributed by atoms with Crippen LogP contribution in [0.25, 0.3) is 0 Å². The third kappa shape index (κ3) is 2.20. The molecule has 1 aliphatic rings. The molecule has 0 amide bonds. The molecular formula is C13H22N2Si. The molecule has 1 unspecified atom stereocenters. The Bertz CT molecular complexity index is 370. The second-order valence-corrected chi connectivity index (χ2v) is 10.9. The molecule has 0 aliphatic carbocycles. The number of aromatic nitrogens is 1. The predicted octanol–water partition coefficient (Wildman–Crippen LogP) is 2.39. The minimum atomic E-state index is -1.24. The van der Waals surface area contributed by atoms with Crippen molar-refractivity contribution in [3.05, 3.63) is 24.0 Å². The Hall–Kier alpha value is -0.673. The molecule has 2 rings (SSSR count). The lowest BCUT2D eigenvalue weighted by Crippen LogP contribution is -2.42. The minimum absolute atomic E-state index is 0.607. The van der Waals surface area contributed by atoms with Crippen molar-refractivity contribution >= 4 is 13.3 Å². The Balaban J connectivity index is 2.40. The van der Waals surface area contributed by atoms with E-state index < -0.39 is 8.07 Å². The molecule has 2 nitrogen and oxygen atoms in total. The number of nitrogens with zero attached hydrogens (tertiary/aromatic N) is 2. The van der Waals surface area contributed by atoms with Crippen molar-refractivity contribution in [1.29, 1.82) is 0 Å². The Labute approximate surface area is 99.7 Å². The standard InChI is InChI=1S/C13H22N2Si/c1-15-9-5-6-12(15)11-10-14-8-7-13(11)16(2,3)4/h7-8,10,12H,5-6,9H2,1-4H3. The Kier molecular flexibility index (Phi) is 3.17. The summed E-state index contributed by atoms with van der Waals surface area (Å²) in [5, 5.41) is 1.58. The van der Waals surface area contributed by atoms with Crippen molar-refractivity contribution in [3.63, 3.8) is 0 Å². The molecule has 88 valence electrons. The largest absolute Gasteiger partial charge is 0.299 e. The first-order valence-electron chi connectivity index (χ1n) is 6.15. The summed E-state index contributed by atoms with van der Waals surface area (Å²) in [5.41, 5.74) is 1.49. The van der Waals surface area contributed by atoms with Gasteiger partial charge in [-0.2, -0.15) is 0 Å². The molecule has 0 aromatic carbocycles. The lowest BCUT2D eigenvalue weighted by molar-refractivity contribution is 0.318. The van der Waals surface area contributed by atoms with E-state index in [2.05, 4.69) is 48.8 Å². The molecule has 1 atom stereocenters. The summed E-state index contributed by atoms with van der Waals surface area (Å²) in [6, 6.07) is 2.85. The average molecular weight is 234 g/mol. The van der Waals surface area contributed by atoms with E-state index >= 15 is 0 Å². The lowest BCUT2D eigenvalue weighted by atomic mass is 10.1. The maximum absolute atomic E-state index is 4.33. The number of likely N-dealkylation sites (tertiary alicyclic amines) is 1.